The molecule has 126 valence electrons. The molecule has 0 atom stereocenters. The summed E-state index contributed by atoms with van der Waals surface area (Å²) in [5.74, 6) is 0. The van der Waals surface area contributed by atoms with Crippen molar-refractivity contribution in [3.8, 4) is 0 Å². The van der Waals surface area contributed by atoms with Crippen LogP contribution >= 0.6 is 11.8 Å². The summed E-state index contributed by atoms with van der Waals surface area (Å²) in [5.41, 5.74) is 3.23. The predicted molar refractivity (Wildman–Crippen MR) is 101 cm³/mol. The number of non-ortho nitro benzene ring substituents is 1. The molecule has 3 aromatic rings. The SMILES string of the molecule is Cc1ccc(C=Nc2ccc(Sc3ccc([N+](=O)[O-])cc3)cc2)n1C. The lowest BCUT2D eigenvalue weighted by Gasteiger charge is -2.02. The average molecular weight is 351 g/mol. The van der Waals surface area contributed by atoms with E-state index < -0.39 is 4.92 Å². The van der Waals surface area contributed by atoms with Gasteiger partial charge in [-0.1, -0.05) is 11.8 Å². The van der Waals surface area contributed by atoms with Gasteiger partial charge in [0.05, 0.1) is 22.5 Å². The van der Waals surface area contributed by atoms with Crippen molar-refractivity contribution >= 4 is 29.4 Å². The molecule has 0 unspecified atom stereocenters. The van der Waals surface area contributed by atoms with Gasteiger partial charge in [0.2, 0.25) is 0 Å². The maximum absolute atomic E-state index is 10.7. The van der Waals surface area contributed by atoms with Crippen molar-refractivity contribution in [3.63, 3.8) is 0 Å². The highest BCUT2D eigenvalue weighted by Gasteiger charge is 2.05. The van der Waals surface area contributed by atoms with Crippen LogP contribution in [0, 0.1) is 17.0 Å². The summed E-state index contributed by atoms with van der Waals surface area (Å²) in [4.78, 5) is 16.8. The van der Waals surface area contributed by atoms with E-state index in [1.165, 1.54) is 17.8 Å². The molecule has 1 heterocycles. The number of hydrogen-bond donors (Lipinski definition) is 0. The molecule has 0 aliphatic heterocycles. The summed E-state index contributed by atoms with van der Waals surface area (Å²) in [5, 5.41) is 10.7. The van der Waals surface area contributed by atoms with E-state index in [9.17, 15) is 10.1 Å². The molecule has 25 heavy (non-hydrogen) atoms. The Labute approximate surface area is 150 Å². The molecule has 2 aromatic carbocycles. The first kappa shape index (κ1) is 17.0. The van der Waals surface area contributed by atoms with Crippen LogP contribution in [0.2, 0.25) is 0 Å². The van der Waals surface area contributed by atoms with E-state index in [0.717, 1.165) is 21.2 Å². The normalized spacial score (nSPS) is 11.1. The van der Waals surface area contributed by atoms with Gasteiger partial charge < -0.3 is 4.57 Å². The first-order valence-corrected chi connectivity index (χ1v) is 8.53. The molecule has 0 amide bonds. The van der Waals surface area contributed by atoms with Crippen LogP contribution in [-0.2, 0) is 7.05 Å². The zero-order valence-corrected chi connectivity index (χ0v) is 14.7. The lowest BCUT2D eigenvalue weighted by Crippen LogP contribution is -1.96. The number of aromatic nitrogens is 1. The molecule has 5 nitrogen and oxygen atoms in total. The van der Waals surface area contributed by atoms with E-state index in [0.29, 0.717) is 0 Å². The third kappa shape index (κ3) is 4.16. The van der Waals surface area contributed by atoms with Crippen LogP contribution in [0.3, 0.4) is 0 Å². The maximum Gasteiger partial charge on any atom is 0.269 e. The third-order valence-corrected chi connectivity index (χ3v) is 4.89. The minimum absolute atomic E-state index is 0.102. The molecule has 0 spiro atoms. The summed E-state index contributed by atoms with van der Waals surface area (Å²) in [6, 6.07) is 18.6. The van der Waals surface area contributed by atoms with E-state index in [-0.39, 0.29) is 5.69 Å². The lowest BCUT2D eigenvalue weighted by molar-refractivity contribution is -0.384. The van der Waals surface area contributed by atoms with E-state index >= 15 is 0 Å². The van der Waals surface area contributed by atoms with Gasteiger partial charge in [-0.2, -0.15) is 0 Å². The van der Waals surface area contributed by atoms with Gasteiger partial charge in [0.1, 0.15) is 0 Å². The number of nitro groups is 1. The first-order chi connectivity index (χ1) is 12.0. The Morgan fingerprint density at radius 1 is 1.00 bits per heavy atom. The Hall–Kier alpha value is -2.86. The molecule has 0 aliphatic carbocycles. The quantitative estimate of drug-likeness (QED) is 0.363. The molecule has 1 aromatic heterocycles. The zero-order chi connectivity index (χ0) is 17.8. The molecule has 6 heteroatoms. The average Bonchev–Trinajstić information content (AvgIpc) is 2.93. The van der Waals surface area contributed by atoms with Crippen LogP contribution in [0.4, 0.5) is 11.4 Å². The molecular formula is C19H17N3O2S. The maximum atomic E-state index is 10.7. The number of aliphatic imine (C=N–C) groups is 1. The van der Waals surface area contributed by atoms with E-state index in [1.54, 1.807) is 23.9 Å². The van der Waals surface area contributed by atoms with Gasteiger partial charge in [-0.25, -0.2) is 0 Å². The standard InChI is InChI=1S/C19H17N3O2S/c1-14-3-6-17(21(14)2)13-20-15-4-9-18(10-5-15)25-19-11-7-16(8-12-19)22(23)24/h3-13H,1-2H3. The second-order valence-corrected chi connectivity index (χ2v) is 6.71. The van der Waals surface area contributed by atoms with Gasteiger partial charge >= 0.3 is 0 Å². The van der Waals surface area contributed by atoms with Crippen molar-refractivity contribution in [3.05, 3.63) is 82.2 Å². The monoisotopic (exact) mass is 351 g/mol. The van der Waals surface area contributed by atoms with Crippen molar-refractivity contribution < 1.29 is 4.92 Å². The van der Waals surface area contributed by atoms with Gasteiger partial charge in [0.15, 0.2) is 0 Å². The predicted octanol–water partition coefficient (Wildman–Crippen LogP) is 5.14. The highest BCUT2D eigenvalue weighted by Crippen LogP contribution is 2.30. The Balaban J connectivity index is 1.67. The van der Waals surface area contributed by atoms with E-state index in [1.807, 2.05) is 43.6 Å². The highest BCUT2D eigenvalue weighted by atomic mass is 32.2. The summed E-state index contributed by atoms with van der Waals surface area (Å²) in [6.07, 6.45) is 1.85. The third-order valence-electron chi connectivity index (χ3n) is 3.88. The topological polar surface area (TPSA) is 60.4 Å². The van der Waals surface area contributed by atoms with Crippen LogP contribution in [0.1, 0.15) is 11.4 Å². The highest BCUT2D eigenvalue weighted by molar-refractivity contribution is 7.99. The molecule has 0 saturated heterocycles. The molecule has 0 bridgehead atoms. The molecular weight excluding hydrogens is 334 g/mol. The fourth-order valence-corrected chi connectivity index (χ4v) is 3.09. The van der Waals surface area contributed by atoms with E-state index in [2.05, 4.69) is 22.5 Å². The molecule has 0 fully saturated rings. The zero-order valence-electron chi connectivity index (χ0n) is 13.9. The first-order valence-electron chi connectivity index (χ1n) is 7.72. The smallest absolute Gasteiger partial charge is 0.269 e. The minimum Gasteiger partial charge on any atom is -0.347 e. The van der Waals surface area contributed by atoms with Crippen molar-refractivity contribution in [2.75, 3.05) is 0 Å². The second-order valence-electron chi connectivity index (χ2n) is 5.56. The van der Waals surface area contributed by atoms with Crippen molar-refractivity contribution in [1.82, 2.24) is 4.57 Å². The van der Waals surface area contributed by atoms with Crippen LogP contribution in [0.5, 0.6) is 0 Å². The number of rotatable bonds is 5. The number of hydrogen-bond acceptors (Lipinski definition) is 4. The van der Waals surface area contributed by atoms with Crippen LogP contribution in [-0.4, -0.2) is 15.7 Å². The van der Waals surface area contributed by atoms with E-state index in [4.69, 9.17) is 0 Å². The number of aryl methyl sites for hydroxylation is 1. The van der Waals surface area contributed by atoms with Crippen molar-refractivity contribution in [1.29, 1.82) is 0 Å². The Bertz CT molecular complexity index is 913. The summed E-state index contributed by atoms with van der Waals surface area (Å²) in [7, 11) is 2.01. The number of nitrogens with zero attached hydrogens (tertiary/aromatic N) is 3. The fraction of sp³-hybridized carbons (Fsp3) is 0.105. The van der Waals surface area contributed by atoms with Crippen molar-refractivity contribution in [2.24, 2.45) is 12.0 Å². The van der Waals surface area contributed by atoms with Crippen molar-refractivity contribution in [2.45, 2.75) is 16.7 Å². The Kier molecular flexibility index (Phi) is 5.00. The fourth-order valence-electron chi connectivity index (χ4n) is 2.28. The van der Waals surface area contributed by atoms with Gasteiger partial charge in [0.25, 0.3) is 5.69 Å². The second kappa shape index (κ2) is 7.36. The molecule has 3 rings (SSSR count). The minimum atomic E-state index is -0.393. The molecule has 0 saturated carbocycles. The lowest BCUT2D eigenvalue weighted by atomic mass is 10.3. The number of benzene rings is 2. The Morgan fingerprint density at radius 2 is 1.60 bits per heavy atom. The molecule has 0 aliphatic rings. The molecule has 0 N–H and O–H groups in total. The number of nitro benzene ring substituents is 1. The van der Waals surface area contributed by atoms with Gasteiger partial charge in [0, 0.05) is 34.7 Å². The van der Waals surface area contributed by atoms with Crippen LogP contribution in [0.15, 0.2) is 75.4 Å². The van der Waals surface area contributed by atoms with Crippen LogP contribution < -0.4 is 0 Å². The Morgan fingerprint density at radius 3 is 2.12 bits per heavy atom. The van der Waals surface area contributed by atoms with Gasteiger partial charge in [-0.05, 0) is 55.5 Å². The van der Waals surface area contributed by atoms with Crippen LogP contribution in [0.25, 0.3) is 0 Å². The summed E-state index contributed by atoms with van der Waals surface area (Å²) < 4.78 is 2.09. The summed E-state index contributed by atoms with van der Waals surface area (Å²) in [6.45, 7) is 2.06. The molecule has 0 radical (unpaired) electrons. The summed E-state index contributed by atoms with van der Waals surface area (Å²) >= 11 is 1.56. The largest absolute Gasteiger partial charge is 0.347 e. The van der Waals surface area contributed by atoms with Gasteiger partial charge in [-0.15, -0.1) is 0 Å². The van der Waals surface area contributed by atoms with Gasteiger partial charge in [-0.3, -0.25) is 15.1 Å².